The Morgan fingerprint density at radius 2 is 2.15 bits per heavy atom. The summed E-state index contributed by atoms with van der Waals surface area (Å²) < 4.78 is 12.4. The van der Waals surface area contributed by atoms with E-state index in [2.05, 4.69) is 31.5 Å². The third-order valence-corrected chi connectivity index (χ3v) is 6.25. The van der Waals surface area contributed by atoms with Crippen molar-refractivity contribution in [2.45, 2.75) is 64.1 Å². The summed E-state index contributed by atoms with van der Waals surface area (Å²) in [4.78, 5) is 36.5. The number of nitrogens with one attached hydrogen (secondary N) is 2. The SMILES string of the molecule is CC(C)(C)OC(=O)N1CC[C@H]2C[C@H]1CC(=O)NCCCOc1c(Br)ccc3ncc(nc13)N2. The molecule has 0 spiro atoms. The first-order valence-corrected chi connectivity index (χ1v) is 12.1. The maximum absolute atomic E-state index is 12.8. The Bertz CT molecular complexity index is 1040. The van der Waals surface area contributed by atoms with Gasteiger partial charge in [-0.3, -0.25) is 9.78 Å². The van der Waals surface area contributed by atoms with Crippen molar-refractivity contribution in [1.82, 2.24) is 20.2 Å². The number of nitrogens with zero attached hydrogens (tertiary/aromatic N) is 3. The first-order valence-electron chi connectivity index (χ1n) is 11.3. The molecule has 9 nitrogen and oxygen atoms in total. The van der Waals surface area contributed by atoms with Crippen molar-refractivity contribution in [1.29, 1.82) is 0 Å². The number of fused-ring (bicyclic) bond motifs is 3. The van der Waals surface area contributed by atoms with Crippen molar-refractivity contribution in [3.63, 3.8) is 0 Å². The minimum absolute atomic E-state index is 0.0369. The molecule has 2 N–H and O–H groups in total. The lowest BCUT2D eigenvalue weighted by molar-refractivity contribution is -0.122. The summed E-state index contributed by atoms with van der Waals surface area (Å²) in [5.41, 5.74) is 0.825. The number of hydrogen-bond donors (Lipinski definition) is 2. The molecule has 3 heterocycles. The molecule has 1 aromatic heterocycles. The number of piperidine rings is 1. The van der Waals surface area contributed by atoms with Gasteiger partial charge in [-0.2, -0.15) is 0 Å². The molecule has 0 aliphatic carbocycles. The zero-order chi connectivity index (χ0) is 23.6. The highest BCUT2D eigenvalue weighted by Crippen LogP contribution is 2.33. The third kappa shape index (κ3) is 5.85. The number of ether oxygens (including phenoxy) is 2. The van der Waals surface area contributed by atoms with Crippen LogP contribution >= 0.6 is 15.9 Å². The molecule has 4 rings (SSSR count). The number of carbonyl (C=O) groups excluding carboxylic acids is 2. The van der Waals surface area contributed by atoms with Gasteiger partial charge in [0.1, 0.15) is 16.9 Å². The monoisotopic (exact) mass is 519 g/mol. The third-order valence-electron chi connectivity index (χ3n) is 5.63. The number of hydrogen-bond acceptors (Lipinski definition) is 7. The van der Waals surface area contributed by atoms with E-state index in [1.165, 1.54) is 0 Å². The van der Waals surface area contributed by atoms with Gasteiger partial charge in [0.25, 0.3) is 0 Å². The Morgan fingerprint density at radius 1 is 1.33 bits per heavy atom. The van der Waals surface area contributed by atoms with E-state index in [9.17, 15) is 9.59 Å². The van der Waals surface area contributed by atoms with Crippen LogP contribution in [0, 0.1) is 0 Å². The van der Waals surface area contributed by atoms with Crippen LogP contribution in [0.25, 0.3) is 11.0 Å². The van der Waals surface area contributed by atoms with Crippen LogP contribution in [-0.2, 0) is 9.53 Å². The van der Waals surface area contributed by atoms with Gasteiger partial charge in [-0.15, -0.1) is 0 Å². The fourth-order valence-corrected chi connectivity index (χ4v) is 4.58. The van der Waals surface area contributed by atoms with E-state index in [1.807, 2.05) is 32.9 Å². The Hall–Kier alpha value is -2.62. The minimum atomic E-state index is -0.596. The predicted molar refractivity (Wildman–Crippen MR) is 128 cm³/mol. The summed E-state index contributed by atoms with van der Waals surface area (Å²) in [5, 5.41) is 6.40. The summed E-state index contributed by atoms with van der Waals surface area (Å²) in [6.45, 7) is 6.93. The number of rotatable bonds is 0. The van der Waals surface area contributed by atoms with Gasteiger partial charge in [0, 0.05) is 31.6 Å². The molecule has 2 amide bonds. The Kier molecular flexibility index (Phi) is 6.92. The van der Waals surface area contributed by atoms with E-state index in [-0.39, 0.29) is 30.5 Å². The lowest BCUT2D eigenvalue weighted by Crippen LogP contribution is -2.52. The molecular weight excluding hydrogens is 490 g/mol. The summed E-state index contributed by atoms with van der Waals surface area (Å²) in [7, 11) is 0. The van der Waals surface area contributed by atoms with E-state index in [0.29, 0.717) is 56.0 Å². The van der Waals surface area contributed by atoms with Gasteiger partial charge >= 0.3 is 6.09 Å². The van der Waals surface area contributed by atoms with Crippen LogP contribution in [0.15, 0.2) is 22.8 Å². The molecule has 0 saturated carbocycles. The molecule has 2 aromatic rings. The van der Waals surface area contributed by atoms with Crippen molar-refractivity contribution in [3.05, 3.63) is 22.8 Å². The van der Waals surface area contributed by atoms with Crippen LogP contribution in [0.5, 0.6) is 5.75 Å². The number of aromatic nitrogens is 2. The number of likely N-dealkylation sites (tertiary alicyclic amines) is 1. The Balaban J connectivity index is 1.61. The van der Waals surface area contributed by atoms with E-state index in [4.69, 9.17) is 14.5 Å². The zero-order valence-corrected chi connectivity index (χ0v) is 20.8. The molecule has 10 heteroatoms. The van der Waals surface area contributed by atoms with Crippen molar-refractivity contribution < 1.29 is 19.1 Å². The van der Waals surface area contributed by atoms with Gasteiger partial charge in [0.05, 0.1) is 22.8 Å². The van der Waals surface area contributed by atoms with Crippen LogP contribution in [0.1, 0.15) is 46.5 Å². The average Bonchev–Trinajstić information content (AvgIpc) is 2.73. The van der Waals surface area contributed by atoms with Gasteiger partial charge in [-0.25, -0.2) is 9.78 Å². The molecule has 178 valence electrons. The topological polar surface area (TPSA) is 106 Å². The maximum atomic E-state index is 12.8. The second kappa shape index (κ2) is 9.70. The van der Waals surface area contributed by atoms with Gasteiger partial charge in [0.15, 0.2) is 5.75 Å². The van der Waals surface area contributed by atoms with E-state index < -0.39 is 5.60 Å². The maximum Gasteiger partial charge on any atom is 0.410 e. The Morgan fingerprint density at radius 3 is 2.94 bits per heavy atom. The van der Waals surface area contributed by atoms with E-state index in [1.54, 1.807) is 11.1 Å². The molecule has 0 unspecified atom stereocenters. The fraction of sp³-hybridized carbons (Fsp3) is 0.565. The molecule has 0 radical (unpaired) electrons. The second-order valence-electron chi connectivity index (χ2n) is 9.45. The number of carbonyl (C=O) groups is 2. The molecule has 1 fully saturated rings. The zero-order valence-electron chi connectivity index (χ0n) is 19.2. The van der Waals surface area contributed by atoms with Crippen molar-refractivity contribution in [3.8, 4) is 5.75 Å². The number of halogens is 1. The van der Waals surface area contributed by atoms with Crippen LogP contribution in [0.3, 0.4) is 0 Å². The fourth-order valence-electron chi connectivity index (χ4n) is 4.14. The lowest BCUT2D eigenvalue weighted by Gasteiger charge is -2.40. The molecule has 4 bridgehead atoms. The highest BCUT2D eigenvalue weighted by atomic mass is 79.9. The normalized spacial score (nSPS) is 21.9. The molecule has 33 heavy (non-hydrogen) atoms. The number of benzene rings is 1. The van der Waals surface area contributed by atoms with Gasteiger partial charge < -0.3 is 25.0 Å². The smallest absolute Gasteiger partial charge is 0.410 e. The number of amides is 2. The highest BCUT2D eigenvalue weighted by molar-refractivity contribution is 9.10. The molecular formula is C23H30BrN5O4. The van der Waals surface area contributed by atoms with E-state index >= 15 is 0 Å². The molecule has 1 saturated heterocycles. The quantitative estimate of drug-likeness (QED) is 0.544. The minimum Gasteiger partial charge on any atom is -0.490 e. The summed E-state index contributed by atoms with van der Waals surface area (Å²) in [6, 6.07) is 3.56. The average molecular weight is 520 g/mol. The first kappa shape index (κ1) is 23.5. The van der Waals surface area contributed by atoms with Gasteiger partial charge in [-0.05, 0) is 68.1 Å². The molecule has 1 aromatic carbocycles. The van der Waals surface area contributed by atoms with Gasteiger partial charge in [0.2, 0.25) is 5.91 Å². The first-order chi connectivity index (χ1) is 15.7. The van der Waals surface area contributed by atoms with Crippen LogP contribution in [-0.4, -0.2) is 64.2 Å². The number of anilines is 1. The van der Waals surface area contributed by atoms with Crippen molar-refractivity contribution in [2.24, 2.45) is 0 Å². The molecule has 2 aliphatic heterocycles. The molecule has 2 atom stereocenters. The van der Waals surface area contributed by atoms with Crippen LogP contribution < -0.4 is 15.4 Å². The summed E-state index contributed by atoms with van der Waals surface area (Å²) >= 11 is 3.55. The van der Waals surface area contributed by atoms with E-state index in [0.717, 1.165) is 9.99 Å². The van der Waals surface area contributed by atoms with Gasteiger partial charge in [-0.1, -0.05) is 0 Å². The predicted octanol–water partition coefficient (Wildman–Crippen LogP) is 3.86. The highest BCUT2D eigenvalue weighted by Gasteiger charge is 2.35. The Labute approximate surface area is 201 Å². The second-order valence-corrected chi connectivity index (χ2v) is 10.3. The summed E-state index contributed by atoms with van der Waals surface area (Å²) in [6.07, 6.45) is 3.50. The molecule has 2 aliphatic rings. The lowest BCUT2D eigenvalue weighted by atomic mass is 9.94. The van der Waals surface area contributed by atoms with Crippen molar-refractivity contribution >= 4 is 44.8 Å². The van der Waals surface area contributed by atoms with Crippen LogP contribution in [0.2, 0.25) is 0 Å². The largest absolute Gasteiger partial charge is 0.490 e. The standard InChI is InChI=1S/C23H30BrN5O4/c1-23(2,3)33-22(31)29-9-7-14-11-15(29)12-19(30)25-8-4-10-32-21-16(24)5-6-17-20(21)28-18(27-14)13-26-17/h5-6,13-15H,4,7-12H2,1-3H3,(H,25,30)(H,27,28)/t14-,15-/m0/s1. The van der Waals surface area contributed by atoms with Crippen molar-refractivity contribution in [2.75, 3.05) is 25.0 Å². The van der Waals surface area contributed by atoms with Crippen LogP contribution in [0.4, 0.5) is 10.6 Å². The summed E-state index contributed by atoms with van der Waals surface area (Å²) in [5.74, 6) is 1.19.